The van der Waals surface area contributed by atoms with Crippen LogP contribution < -0.4 is 0 Å². The van der Waals surface area contributed by atoms with Crippen molar-refractivity contribution in [3.8, 4) is 0 Å². The molecular weight excluding hydrogens is 629 g/mol. The van der Waals surface area contributed by atoms with Crippen molar-refractivity contribution in [3.63, 3.8) is 0 Å². The second-order valence-corrected chi connectivity index (χ2v) is 0. The summed E-state index contributed by atoms with van der Waals surface area (Å²) in [7, 11) is 0. The van der Waals surface area contributed by atoms with Crippen molar-refractivity contribution in [3.05, 3.63) is 0 Å². The Morgan fingerprint density at radius 3 is 0.273 bits per heavy atom. The Bertz CT molecular complexity index is 14.4. The van der Waals surface area contributed by atoms with E-state index >= 15 is 0 Å². The first-order valence-corrected chi connectivity index (χ1v) is 0. The Morgan fingerprint density at radius 2 is 0.273 bits per heavy atom. The molecule has 0 aromatic carbocycles. The zero-order valence-electron chi connectivity index (χ0n) is 4.61. The Kier molecular flexibility index (Phi) is 2970. The standard InChI is InChI=1S/2H2O.2Re.7S/h2*1H2;;;;;;;;;/q;;2*+7;7*-2. The molecule has 0 saturated heterocycles. The normalized spacial score (nSPS) is 0. The van der Waals surface area contributed by atoms with Gasteiger partial charge in [-0.15, -0.1) is 0 Å². The van der Waals surface area contributed by atoms with Crippen molar-refractivity contribution in [2.75, 3.05) is 0 Å². The Labute approximate surface area is 144 Å². The largest absolute Gasteiger partial charge is 7.00 e. The van der Waals surface area contributed by atoms with E-state index in [4.69, 9.17) is 0 Å². The maximum absolute atomic E-state index is 0. The molecule has 4 N–H and O–H groups in total. The Morgan fingerprint density at radius 1 is 0.273 bits per heavy atom. The molecule has 2 nitrogen and oxygen atoms in total. The van der Waals surface area contributed by atoms with Crippen LogP contribution in [-0.4, -0.2) is 11.0 Å². The van der Waals surface area contributed by atoms with Gasteiger partial charge in [0.25, 0.3) is 0 Å². The van der Waals surface area contributed by atoms with Crippen molar-refractivity contribution in [1.29, 1.82) is 0 Å². The predicted octanol–water partition coefficient (Wildman–Crippen LogP) is -1.67. The van der Waals surface area contributed by atoms with E-state index in [2.05, 4.69) is 0 Å². The average Bonchev–Trinajstić information content (AvgIpc) is 0. The van der Waals surface area contributed by atoms with Crippen LogP contribution in [0.1, 0.15) is 0 Å². The van der Waals surface area contributed by atoms with Crippen molar-refractivity contribution in [2.45, 2.75) is 0 Å². The summed E-state index contributed by atoms with van der Waals surface area (Å²) in [5, 5.41) is 0. The summed E-state index contributed by atoms with van der Waals surface area (Å²) in [5.74, 6) is 0. The molecule has 11 heteroatoms. The van der Waals surface area contributed by atoms with Crippen LogP contribution in [0.2, 0.25) is 0 Å². The van der Waals surface area contributed by atoms with E-state index in [0.717, 1.165) is 0 Å². The third kappa shape index (κ3) is 137. The van der Waals surface area contributed by atoms with E-state index in [1.807, 2.05) is 0 Å². The molecule has 72 valence electrons. The van der Waals surface area contributed by atoms with Gasteiger partial charge >= 0.3 is 40.8 Å². The smallest absolute Gasteiger partial charge is 2.00 e. The molecule has 0 unspecified atom stereocenters. The molecule has 0 radical (unpaired) electrons. The van der Waals surface area contributed by atoms with Gasteiger partial charge in [-0.05, 0) is 0 Å². The van der Waals surface area contributed by atoms with E-state index in [9.17, 15) is 0 Å². The second kappa shape index (κ2) is 162. The molecule has 0 saturated carbocycles. The molecule has 0 aliphatic rings. The van der Waals surface area contributed by atoms with Crippen molar-refractivity contribution < 1.29 is 51.8 Å². The van der Waals surface area contributed by atoms with Crippen molar-refractivity contribution >= 4 is 94.5 Å². The average molecular weight is 633 g/mol. The zero-order valence-corrected chi connectivity index (χ0v) is 15.8. The molecule has 11 heavy (non-hydrogen) atoms. The molecule has 0 aliphatic heterocycles. The summed E-state index contributed by atoms with van der Waals surface area (Å²) >= 11 is 0. The van der Waals surface area contributed by atoms with Crippen LogP contribution in [0.25, 0.3) is 0 Å². The minimum absolute atomic E-state index is 0. The van der Waals surface area contributed by atoms with Gasteiger partial charge in [0, 0.05) is 0 Å². The van der Waals surface area contributed by atoms with E-state index in [1.54, 1.807) is 0 Å². The maximum Gasteiger partial charge on any atom is 7.00 e. The van der Waals surface area contributed by atoms with Gasteiger partial charge in [-0.25, -0.2) is 0 Å². The van der Waals surface area contributed by atoms with Crippen LogP contribution in [-0.2, 0) is 135 Å². The summed E-state index contributed by atoms with van der Waals surface area (Å²) in [6.45, 7) is 0. The van der Waals surface area contributed by atoms with Gasteiger partial charge in [0.05, 0.1) is 0 Å². The van der Waals surface area contributed by atoms with Crippen LogP contribution in [0.15, 0.2) is 0 Å². The van der Waals surface area contributed by atoms with Gasteiger partial charge in [0.15, 0.2) is 0 Å². The van der Waals surface area contributed by atoms with Crippen LogP contribution in [0.3, 0.4) is 0 Å². The fourth-order valence-electron chi connectivity index (χ4n) is 0. The summed E-state index contributed by atoms with van der Waals surface area (Å²) in [5.41, 5.74) is 0. The van der Waals surface area contributed by atoms with Gasteiger partial charge in [0.2, 0.25) is 0 Å². The van der Waals surface area contributed by atoms with Gasteiger partial charge in [0.1, 0.15) is 0 Å². The molecule has 0 heterocycles. The monoisotopic (exact) mass is 634 g/mol. The third-order valence-corrected chi connectivity index (χ3v) is 0. The first-order valence-electron chi connectivity index (χ1n) is 0. The fourth-order valence-corrected chi connectivity index (χ4v) is 0. The minimum atomic E-state index is 0. The van der Waals surface area contributed by atoms with Crippen LogP contribution in [0.5, 0.6) is 0 Å². The summed E-state index contributed by atoms with van der Waals surface area (Å²) in [6, 6.07) is 0. The molecule has 0 aliphatic carbocycles. The quantitative estimate of drug-likeness (QED) is 0.307. The molecular formula is H4O2Re2S7. The molecule has 0 fully saturated rings. The van der Waals surface area contributed by atoms with Crippen molar-refractivity contribution in [2.24, 2.45) is 0 Å². The summed E-state index contributed by atoms with van der Waals surface area (Å²) in [4.78, 5) is 0. The minimum Gasteiger partial charge on any atom is -2.00 e. The van der Waals surface area contributed by atoms with Crippen LogP contribution >= 0.6 is 0 Å². The van der Waals surface area contributed by atoms with Gasteiger partial charge in [-0.1, -0.05) is 0 Å². The zero-order chi connectivity index (χ0) is 0. The summed E-state index contributed by atoms with van der Waals surface area (Å²) < 4.78 is 0. The number of hydrogen-bond acceptors (Lipinski definition) is 0. The number of rotatable bonds is 0. The molecule has 0 amide bonds. The second-order valence-electron chi connectivity index (χ2n) is 0. The van der Waals surface area contributed by atoms with Crippen LogP contribution in [0, 0.1) is 0 Å². The summed E-state index contributed by atoms with van der Waals surface area (Å²) in [6.07, 6.45) is 0. The molecule has 0 bridgehead atoms. The van der Waals surface area contributed by atoms with Crippen LogP contribution in [0.4, 0.5) is 0 Å². The Hall–Kier alpha value is 3.69. The van der Waals surface area contributed by atoms with E-state index in [0.29, 0.717) is 0 Å². The molecule has 0 atom stereocenters. The first-order chi connectivity index (χ1) is 0. The van der Waals surface area contributed by atoms with E-state index < -0.39 is 0 Å². The third-order valence-electron chi connectivity index (χ3n) is 0. The Balaban J connectivity index is 0. The maximum atomic E-state index is 0. The molecule has 0 rings (SSSR count). The van der Waals surface area contributed by atoms with Gasteiger partial charge < -0.3 is 105 Å². The molecule has 0 aromatic rings. The van der Waals surface area contributed by atoms with E-state index in [1.165, 1.54) is 0 Å². The van der Waals surface area contributed by atoms with Gasteiger partial charge in [-0.3, -0.25) is 0 Å². The van der Waals surface area contributed by atoms with Crippen molar-refractivity contribution in [1.82, 2.24) is 0 Å². The first kappa shape index (κ1) is 202. The molecule has 0 spiro atoms. The molecule has 0 aromatic heterocycles. The number of hydrogen-bond donors (Lipinski definition) is 0. The van der Waals surface area contributed by atoms with Gasteiger partial charge in [-0.2, -0.15) is 0 Å². The predicted molar refractivity (Wildman–Crippen MR) is 58.8 cm³/mol. The topological polar surface area (TPSA) is 63.0 Å². The van der Waals surface area contributed by atoms with E-state index in [-0.39, 0.29) is 146 Å². The SMILES string of the molecule is O.O.[Re+7].[Re+7].[S-2].[S-2].[S-2].[S-2].[S-2].[S-2].[S-2]. The fraction of sp³-hybridized carbons (Fsp3) is 0.